The van der Waals surface area contributed by atoms with Crippen molar-refractivity contribution in [1.82, 2.24) is 15.2 Å². The number of benzene rings is 1. The van der Waals surface area contributed by atoms with E-state index < -0.39 is 0 Å². The summed E-state index contributed by atoms with van der Waals surface area (Å²) in [5.41, 5.74) is 4.36. The van der Waals surface area contributed by atoms with Crippen molar-refractivity contribution in [2.45, 2.75) is 6.54 Å². The second kappa shape index (κ2) is 5.88. The Labute approximate surface area is 125 Å². The lowest BCUT2D eigenvalue weighted by atomic mass is 10.1. The predicted octanol–water partition coefficient (Wildman–Crippen LogP) is 3.85. The van der Waals surface area contributed by atoms with Crippen LogP contribution in [0.2, 0.25) is 0 Å². The maximum Gasteiger partial charge on any atom is 0.0650 e. The second-order valence-corrected chi connectivity index (χ2v) is 5.33. The Kier molecular flexibility index (Phi) is 3.78. The lowest BCUT2D eigenvalue weighted by Crippen LogP contribution is -1.99. The van der Waals surface area contributed by atoms with Gasteiger partial charge in [0, 0.05) is 35.3 Å². The third-order valence-electron chi connectivity index (χ3n) is 2.95. The normalized spacial score (nSPS) is 10.4. The molecule has 0 fully saturated rings. The molecular weight excluding hydrogens is 316 g/mol. The standard InChI is InChI=1S/C15H13BrN4/c16-13-7-11(8-17-10-13)9-18-14-3-1-12(2-4-14)15-5-6-19-20-15/h1-8,10,18H,9H2,(H,19,20). The van der Waals surface area contributed by atoms with E-state index in [4.69, 9.17) is 0 Å². The van der Waals surface area contributed by atoms with Crippen molar-refractivity contribution in [3.05, 3.63) is 65.0 Å². The zero-order valence-electron chi connectivity index (χ0n) is 10.7. The van der Waals surface area contributed by atoms with E-state index in [-0.39, 0.29) is 0 Å². The van der Waals surface area contributed by atoms with Crippen molar-refractivity contribution < 1.29 is 0 Å². The molecule has 5 heteroatoms. The van der Waals surface area contributed by atoms with Gasteiger partial charge in [-0.15, -0.1) is 0 Å². The molecule has 0 aliphatic heterocycles. The van der Waals surface area contributed by atoms with E-state index in [0.29, 0.717) is 0 Å². The number of aromatic amines is 1. The number of aromatic nitrogens is 3. The summed E-state index contributed by atoms with van der Waals surface area (Å²) in [7, 11) is 0. The fourth-order valence-electron chi connectivity index (χ4n) is 1.94. The van der Waals surface area contributed by atoms with E-state index >= 15 is 0 Å². The summed E-state index contributed by atoms with van der Waals surface area (Å²) in [6.07, 6.45) is 5.39. The van der Waals surface area contributed by atoms with Gasteiger partial charge in [-0.1, -0.05) is 12.1 Å². The van der Waals surface area contributed by atoms with Crippen molar-refractivity contribution in [3.63, 3.8) is 0 Å². The Morgan fingerprint density at radius 2 is 1.95 bits per heavy atom. The fraction of sp³-hybridized carbons (Fsp3) is 0.0667. The van der Waals surface area contributed by atoms with Crippen LogP contribution in [0.3, 0.4) is 0 Å². The van der Waals surface area contributed by atoms with Crippen LogP contribution in [0.15, 0.2) is 59.5 Å². The molecule has 0 aliphatic rings. The van der Waals surface area contributed by atoms with Crippen molar-refractivity contribution >= 4 is 21.6 Å². The first-order valence-corrected chi connectivity index (χ1v) is 7.04. The first-order chi connectivity index (χ1) is 9.81. The van der Waals surface area contributed by atoms with Gasteiger partial charge in [0.1, 0.15) is 0 Å². The monoisotopic (exact) mass is 328 g/mol. The summed E-state index contributed by atoms with van der Waals surface area (Å²) in [5.74, 6) is 0. The molecule has 2 heterocycles. The smallest absolute Gasteiger partial charge is 0.0650 e. The molecule has 0 radical (unpaired) electrons. The van der Waals surface area contributed by atoms with Crippen LogP contribution in [0, 0.1) is 0 Å². The fourth-order valence-corrected chi connectivity index (χ4v) is 2.35. The van der Waals surface area contributed by atoms with Gasteiger partial charge in [-0.2, -0.15) is 5.10 Å². The van der Waals surface area contributed by atoms with Gasteiger partial charge in [0.2, 0.25) is 0 Å². The topological polar surface area (TPSA) is 53.6 Å². The molecule has 2 N–H and O–H groups in total. The van der Waals surface area contributed by atoms with Crippen LogP contribution in [0.25, 0.3) is 11.3 Å². The van der Waals surface area contributed by atoms with E-state index in [9.17, 15) is 0 Å². The number of rotatable bonds is 4. The highest BCUT2D eigenvalue weighted by Gasteiger charge is 1.99. The first kappa shape index (κ1) is 12.9. The lowest BCUT2D eigenvalue weighted by molar-refractivity contribution is 1.09. The average molecular weight is 329 g/mol. The third kappa shape index (κ3) is 3.05. The van der Waals surface area contributed by atoms with E-state index in [2.05, 4.69) is 66.8 Å². The average Bonchev–Trinajstić information content (AvgIpc) is 3.00. The molecule has 3 aromatic rings. The zero-order valence-corrected chi connectivity index (χ0v) is 12.3. The molecule has 2 aromatic heterocycles. The molecule has 20 heavy (non-hydrogen) atoms. The summed E-state index contributed by atoms with van der Waals surface area (Å²) in [4.78, 5) is 4.15. The number of halogens is 1. The number of anilines is 1. The van der Waals surface area contributed by atoms with Crippen molar-refractivity contribution in [2.75, 3.05) is 5.32 Å². The molecule has 0 amide bonds. The van der Waals surface area contributed by atoms with E-state index in [1.165, 1.54) is 0 Å². The molecule has 0 bridgehead atoms. The molecule has 1 aromatic carbocycles. The summed E-state index contributed by atoms with van der Waals surface area (Å²) >= 11 is 3.42. The summed E-state index contributed by atoms with van der Waals surface area (Å²) in [6, 6.07) is 12.3. The van der Waals surface area contributed by atoms with Crippen LogP contribution >= 0.6 is 15.9 Å². The quantitative estimate of drug-likeness (QED) is 0.764. The van der Waals surface area contributed by atoms with E-state index in [1.807, 2.05) is 12.3 Å². The Morgan fingerprint density at radius 3 is 2.65 bits per heavy atom. The van der Waals surface area contributed by atoms with Crippen LogP contribution in [0.4, 0.5) is 5.69 Å². The Hall–Kier alpha value is -2.14. The molecule has 0 aliphatic carbocycles. The molecule has 3 rings (SSSR count). The number of pyridine rings is 1. The molecule has 0 saturated heterocycles. The highest BCUT2D eigenvalue weighted by Crippen LogP contribution is 2.19. The van der Waals surface area contributed by atoms with Crippen LogP contribution < -0.4 is 5.32 Å². The first-order valence-electron chi connectivity index (χ1n) is 6.24. The summed E-state index contributed by atoms with van der Waals surface area (Å²) in [6.45, 7) is 0.746. The SMILES string of the molecule is Brc1cncc(CNc2ccc(-c3ccn[nH]3)cc2)c1. The lowest BCUT2D eigenvalue weighted by Gasteiger charge is -2.07. The molecular formula is C15H13BrN4. The van der Waals surface area contributed by atoms with Crippen molar-refractivity contribution in [1.29, 1.82) is 0 Å². The van der Waals surface area contributed by atoms with Crippen LogP contribution in [-0.2, 0) is 6.54 Å². The number of H-pyrrole nitrogens is 1. The van der Waals surface area contributed by atoms with Crippen LogP contribution in [0.5, 0.6) is 0 Å². The molecule has 0 spiro atoms. The summed E-state index contributed by atoms with van der Waals surface area (Å²) < 4.78 is 0.992. The number of nitrogens with zero attached hydrogens (tertiary/aromatic N) is 2. The van der Waals surface area contributed by atoms with Gasteiger partial charge in [0.25, 0.3) is 0 Å². The molecule has 100 valence electrons. The minimum atomic E-state index is 0.746. The van der Waals surface area contributed by atoms with E-state index in [1.54, 1.807) is 12.4 Å². The number of nitrogens with one attached hydrogen (secondary N) is 2. The predicted molar refractivity (Wildman–Crippen MR) is 83.3 cm³/mol. The third-order valence-corrected chi connectivity index (χ3v) is 3.39. The minimum Gasteiger partial charge on any atom is -0.381 e. The second-order valence-electron chi connectivity index (χ2n) is 4.41. The maximum absolute atomic E-state index is 4.15. The molecule has 0 saturated carbocycles. The van der Waals surface area contributed by atoms with Gasteiger partial charge in [0.15, 0.2) is 0 Å². The highest BCUT2D eigenvalue weighted by molar-refractivity contribution is 9.10. The number of hydrogen-bond donors (Lipinski definition) is 2. The van der Waals surface area contributed by atoms with Crippen molar-refractivity contribution in [3.8, 4) is 11.3 Å². The van der Waals surface area contributed by atoms with E-state index in [0.717, 1.165) is 33.5 Å². The van der Waals surface area contributed by atoms with Crippen molar-refractivity contribution in [2.24, 2.45) is 0 Å². The molecule has 0 unspecified atom stereocenters. The zero-order chi connectivity index (χ0) is 13.8. The van der Waals surface area contributed by atoms with Gasteiger partial charge < -0.3 is 5.32 Å². The van der Waals surface area contributed by atoms with Gasteiger partial charge in [-0.3, -0.25) is 10.1 Å². The van der Waals surface area contributed by atoms with Gasteiger partial charge >= 0.3 is 0 Å². The Morgan fingerprint density at radius 1 is 1.10 bits per heavy atom. The van der Waals surface area contributed by atoms with Gasteiger partial charge in [0.05, 0.1) is 5.69 Å². The molecule has 0 atom stereocenters. The van der Waals surface area contributed by atoms with Gasteiger partial charge in [-0.25, -0.2) is 0 Å². The Bertz CT molecular complexity index is 677. The maximum atomic E-state index is 4.15. The Balaban J connectivity index is 1.67. The minimum absolute atomic E-state index is 0.746. The van der Waals surface area contributed by atoms with Crippen LogP contribution in [-0.4, -0.2) is 15.2 Å². The van der Waals surface area contributed by atoms with Crippen LogP contribution in [0.1, 0.15) is 5.56 Å². The van der Waals surface area contributed by atoms with Gasteiger partial charge in [-0.05, 0) is 51.3 Å². The number of hydrogen-bond acceptors (Lipinski definition) is 3. The summed E-state index contributed by atoms with van der Waals surface area (Å²) in [5, 5.41) is 10.3. The highest BCUT2D eigenvalue weighted by atomic mass is 79.9. The molecule has 4 nitrogen and oxygen atoms in total. The largest absolute Gasteiger partial charge is 0.381 e.